The first kappa shape index (κ1) is 27.2. The van der Waals surface area contributed by atoms with Gasteiger partial charge in [0, 0.05) is 24.1 Å². The van der Waals surface area contributed by atoms with Gasteiger partial charge in [-0.3, -0.25) is 0 Å². The van der Waals surface area contributed by atoms with Crippen LogP contribution in [0.2, 0.25) is 0 Å². The normalized spacial score (nSPS) is 29.4. The fourth-order valence-electron chi connectivity index (χ4n) is 4.46. The molecule has 0 saturated carbocycles. The van der Waals surface area contributed by atoms with Crippen LogP contribution < -0.4 is 5.32 Å². The molecule has 0 aromatic heterocycles. The molecule has 4 unspecified atom stereocenters. The molecule has 3 rings (SSSR count). The average Bonchev–Trinajstić information content (AvgIpc) is 2.81. The van der Waals surface area contributed by atoms with E-state index in [-0.39, 0.29) is 36.8 Å². The minimum absolute atomic E-state index is 0.0324. The van der Waals surface area contributed by atoms with Crippen molar-refractivity contribution in [3.8, 4) is 0 Å². The van der Waals surface area contributed by atoms with Crippen LogP contribution in [0, 0.1) is 5.92 Å². The molecule has 0 radical (unpaired) electrons. The molecule has 1 saturated heterocycles. The molecule has 0 spiro atoms. The summed E-state index contributed by atoms with van der Waals surface area (Å²) < 4.78 is 85.4. The number of oxime groups is 1. The van der Waals surface area contributed by atoms with Crippen LogP contribution in [0.3, 0.4) is 0 Å². The summed E-state index contributed by atoms with van der Waals surface area (Å²) in [5.41, 5.74) is -1.90. The Hall–Kier alpha value is -2.37. The second kappa shape index (κ2) is 10.3. The van der Waals surface area contributed by atoms with Gasteiger partial charge in [0.25, 0.3) is 0 Å². The second-order valence-electron chi connectivity index (χ2n) is 9.09. The maximum absolute atomic E-state index is 13.3. The minimum atomic E-state index is -4.87. The maximum Gasteiger partial charge on any atom is 0.412 e. The van der Waals surface area contributed by atoms with E-state index in [0.717, 1.165) is 17.7 Å². The standard InChI is InChI=1S/C24H28F6N2O3/c1-14(17-8-18(23(25,26)27)10-19(9-17)24(28,29)30)35-12-21-20(16-6-4-3-5-7-16)11-22(33,13-31-21)15(2)32-34/h3-9,14,18,20-21,31,33-34H,10-13H2,1-2H3/b32-15+/t14?,18?,20?,21-,22?/m0/s1. The first-order valence-corrected chi connectivity index (χ1v) is 11.1. The van der Waals surface area contributed by atoms with Gasteiger partial charge in [-0.15, -0.1) is 0 Å². The quantitative estimate of drug-likeness (QED) is 0.217. The van der Waals surface area contributed by atoms with E-state index in [4.69, 9.17) is 9.94 Å². The van der Waals surface area contributed by atoms with Crippen LogP contribution in [0.25, 0.3) is 0 Å². The zero-order valence-electron chi connectivity index (χ0n) is 19.2. The van der Waals surface area contributed by atoms with Gasteiger partial charge in [-0.05, 0) is 43.9 Å². The van der Waals surface area contributed by atoms with E-state index in [0.29, 0.717) is 0 Å². The lowest BCUT2D eigenvalue weighted by Crippen LogP contribution is -2.58. The Labute approximate surface area is 199 Å². The molecule has 1 aromatic rings. The van der Waals surface area contributed by atoms with Gasteiger partial charge in [0.15, 0.2) is 0 Å². The molecular weight excluding hydrogens is 478 g/mol. The molecule has 1 aliphatic heterocycles. The fraction of sp³-hybridized carbons (Fsp3) is 0.542. The summed E-state index contributed by atoms with van der Waals surface area (Å²) in [5.74, 6) is -2.57. The van der Waals surface area contributed by atoms with Gasteiger partial charge in [-0.1, -0.05) is 41.6 Å². The fourth-order valence-corrected chi connectivity index (χ4v) is 4.46. The zero-order chi connectivity index (χ0) is 26.0. The monoisotopic (exact) mass is 506 g/mol. The summed E-state index contributed by atoms with van der Waals surface area (Å²) in [5, 5.41) is 26.4. The van der Waals surface area contributed by atoms with E-state index in [1.54, 1.807) is 0 Å². The van der Waals surface area contributed by atoms with Crippen molar-refractivity contribution < 1.29 is 41.4 Å². The van der Waals surface area contributed by atoms with Crippen LogP contribution in [0.1, 0.15) is 38.2 Å². The Morgan fingerprint density at radius 2 is 1.86 bits per heavy atom. The molecule has 35 heavy (non-hydrogen) atoms. The number of hydrogen-bond acceptors (Lipinski definition) is 5. The van der Waals surface area contributed by atoms with Gasteiger partial charge in [-0.2, -0.15) is 26.3 Å². The number of halogens is 6. The van der Waals surface area contributed by atoms with Crippen LogP contribution >= 0.6 is 0 Å². The number of allylic oxidation sites excluding steroid dienone is 2. The third-order valence-electron chi connectivity index (χ3n) is 6.71. The zero-order valence-corrected chi connectivity index (χ0v) is 19.2. The topological polar surface area (TPSA) is 74.1 Å². The predicted molar refractivity (Wildman–Crippen MR) is 117 cm³/mol. The van der Waals surface area contributed by atoms with Crippen molar-refractivity contribution >= 4 is 5.71 Å². The lowest BCUT2D eigenvalue weighted by Gasteiger charge is -2.42. The summed E-state index contributed by atoms with van der Waals surface area (Å²) in [7, 11) is 0. The van der Waals surface area contributed by atoms with Gasteiger partial charge in [0.1, 0.15) is 5.60 Å². The summed E-state index contributed by atoms with van der Waals surface area (Å²) >= 11 is 0. The highest BCUT2D eigenvalue weighted by molar-refractivity contribution is 5.90. The highest BCUT2D eigenvalue weighted by atomic mass is 19.4. The van der Waals surface area contributed by atoms with Crippen molar-refractivity contribution in [1.29, 1.82) is 0 Å². The molecular formula is C24H28F6N2O3. The van der Waals surface area contributed by atoms with Crippen LogP contribution in [-0.2, 0) is 4.74 Å². The number of nitrogens with one attached hydrogen (secondary N) is 1. The van der Waals surface area contributed by atoms with Crippen molar-refractivity contribution in [1.82, 2.24) is 5.32 Å². The number of alkyl halides is 6. The van der Waals surface area contributed by atoms with Crippen molar-refractivity contribution in [2.24, 2.45) is 11.1 Å². The lowest BCUT2D eigenvalue weighted by atomic mass is 9.76. The molecule has 5 nitrogen and oxygen atoms in total. The molecule has 2 aliphatic rings. The Kier molecular flexibility index (Phi) is 8.02. The first-order chi connectivity index (χ1) is 16.2. The molecule has 1 aliphatic carbocycles. The Morgan fingerprint density at radius 1 is 1.20 bits per heavy atom. The molecule has 1 aromatic carbocycles. The van der Waals surface area contributed by atoms with Crippen LogP contribution in [-0.4, -0.2) is 59.3 Å². The number of ether oxygens (including phenoxy) is 1. The molecule has 3 N–H and O–H groups in total. The van der Waals surface area contributed by atoms with Crippen LogP contribution in [0.4, 0.5) is 26.3 Å². The van der Waals surface area contributed by atoms with E-state index in [1.165, 1.54) is 13.8 Å². The van der Waals surface area contributed by atoms with Crippen molar-refractivity contribution in [3.63, 3.8) is 0 Å². The largest absolute Gasteiger partial charge is 0.412 e. The number of β-amino-alcohol motifs (C(OH)–C–C–N with tert-alkyl or cyclic N) is 1. The Balaban J connectivity index is 1.80. The molecule has 1 fully saturated rings. The predicted octanol–water partition coefficient (Wildman–Crippen LogP) is 5.12. The lowest BCUT2D eigenvalue weighted by molar-refractivity contribution is -0.166. The SMILES string of the molecule is C/C(=N\O)C1(O)CN[C@@H](COC(C)C2=CC(C(F)(F)F)CC(C(F)(F)F)=C2)C(c2ccccc2)C1. The van der Waals surface area contributed by atoms with Gasteiger partial charge in [0.2, 0.25) is 0 Å². The van der Waals surface area contributed by atoms with E-state index in [2.05, 4.69) is 10.5 Å². The third kappa shape index (κ3) is 6.45. The molecule has 194 valence electrons. The number of hydrogen-bond donors (Lipinski definition) is 3. The first-order valence-electron chi connectivity index (χ1n) is 11.1. The summed E-state index contributed by atoms with van der Waals surface area (Å²) in [6, 6.07) is 8.72. The maximum atomic E-state index is 13.3. The average molecular weight is 506 g/mol. The van der Waals surface area contributed by atoms with Crippen LogP contribution in [0.15, 0.2) is 58.8 Å². The highest BCUT2D eigenvalue weighted by Crippen LogP contribution is 2.42. The summed E-state index contributed by atoms with van der Waals surface area (Å²) in [6.07, 6.45) is -10.2. The third-order valence-corrected chi connectivity index (χ3v) is 6.71. The van der Waals surface area contributed by atoms with Crippen LogP contribution in [0.5, 0.6) is 0 Å². The van der Waals surface area contributed by atoms with Gasteiger partial charge >= 0.3 is 12.4 Å². The highest BCUT2D eigenvalue weighted by Gasteiger charge is 2.46. The smallest absolute Gasteiger partial charge is 0.411 e. The second-order valence-corrected chi connectivity index (χ2v) is 9.09. The van der Waals surface area contributed by atoms with Crippen molar-refractivity contribution in [3.05, 3.63) is 59.2 Å². The van der Waals surface area contributed by atoms with Gasteiger partial charge < -0.3 is 20.4 Å². The van der Waals surface area contributed by atoms with Gasteiger partial charge in [-0.25, -0.2) is 0 Å². The number of rotatable bonds is 6. The molecule has 0 bridgehead atoms. The number of benzene rings is 1. The molecule has 0 amide bonds. The van der Waals surface area contributed by atoms with E-state index in [1.807, 2.05) is 30.3 Å². The summed E-state index contributed by atoms with van der Waals surface area (Å²) in [6.45, 7) is 2.90. The van der Waals surface area contributed by atoms with Crippen molar-refractivity contribution in [2.75, 3.05) is 13.2 Å². The summed E-state index contributed by atoms with van der Waals surface area (Å²) in [4.78, 5) is 0. The van der Waals surface area contributed by atoms with E-state index in [9.17, 15) is 31.4 Å². The van der Waals surface area contributed by atoms with E-state index < -0.39 is 48.0 Å². The molecule has 1 heterocycles. The minimum Gasteiger partial charge on any atom is -0.411 e. The number of piperidine rings is 1. The molecule has 5 atom stereocenters. The van der Waals surface area contributed by atoms with Gasteiger partial charge in [0.05, 0.1) is 24.3 Å². The Bertz CT molecular complexity index is 974. The van der Waals surface area contributed by atoms with E-state index >= 15 is 0 Å². The number of nitrogens with zero attached hydrogens (tertiary/aromatic N) is 1. The number of aliphatic hydroxyl groups is 1. The molecule has 11 heteroatoms. The van der Waals surface area contributed by atoms with Crippen molar-refractivity contribution in [2.45, 2.75) is 62.7 Å². The Morgan fingerprint density at radius 3 is 2.43 bits per heavy atom.